The molecule has 0 aromatic heterocycles. The number of likely N-dealkylation sites (N-methyl/N-ethyl adjacent to an activating group) is 1. The van der Waals surface area contributed by atoms with Crippen molar-refractivity contribution in [1.29, 1.82) is 0 Å². The van der Waals surface area contributed by atoms with Crippen molar-refractivity contribution >= 4 is 28.9 Å². The number of hydrogen-bond acceptors (Lipinski definition) is 10. The Bertz CT molecular complexity index is 1310. The van der Waals surface area contributed by atoms with Crippen LogP contribution in [0.2, 0.25) is 0 Å². The Labute approximate surface area is 219 Å². The number of amides is 1. The molecule has 6 atom stereocenters. The lowest BCUT2D eigenvalue weighted by atomic mass is 9.54. The first kappa shape index (κ1) is 26.2. The average Bonchev–Trinajstić information content (AvgIpc) is 2.86. The van der Waals surface area contributed by atoms with Crippen LogP contribution in [-0.4, -0.2) is 92.8 Å². The van der Waals surface area contributed by atoms with Gasteiger partial charge in [-0.05, 0) is 50.9 Å². The molecule has 11 heteroatoms. The van der Waals surface area contributed by atoms with Gasteiger partial charge in [-0.25, -0.2) is 0 Å². The average molecular weight is 528 g/mol. The zero-order valence-electron chi connectivity index (χ0n) is 21.5. The molecule has 1 saturated heterocycles. The SMILES string of the molecule is C[C@H]1c2ccc(N3CCCCC3)c(O)c2C(O)=C2C(=O)[C@]3(O)C(O)=C(C(N)=O)C(=O)C(N(C)C)[C@@H]3[C@@H](O)[C@@H]21. The number of ketones is 2. The predicted octanol–water partition coefficient (Wildman–Crippen LogP) is 0.486. The number of rotatable bonds is 3. The normalized spacial score (nSPS) is 33.3. The largest absolute Gasteiger partial charge is 0.508 e. The highest BCUT2D eigenvalue weighted by Gasteiger charge is 2.68. The van der Waals surface area contributed by atoms with E-state index in [1.165, 1.54) is 19.0 Å². The number of carbonyl (C=O) groups is 3. The Balaban J connectivity index is 1.75. The molecule has 0 radical (unpaired) electrons. The van der Waals surface area contributed by atoms with Gasteiger partial charge in [0.2, 0.25) is 5.78 Å². The summed E-state index contributed by atoms with van der Waals surface area (Å²) in [6.07, 6.45) is 1.36. The van der Waals surface area contributed by atoms with Gasteiger partial charge in [0.05, 0.1) is 29.3 Å². The molecule has 1 aromatic carbocycles. The number of nitrogens with zero attached hydrogens (tertiary/aromatic N) is 2. The maximum Gasteiger partial charge on any atom is 0.255 e. The number of aliphatic hydroxyl groups excluding tert-OH is 3. The first-order valence-corrected chi connectivity index (χ1v) is 12.8. The molecule has 204 valence electrons. The van der Waals surface area contributed by atoms with Gasteiger partial charge in [0.1, 0.15) is 22.8 Å². The van der Waals surface area contributed by atoms with Crippen LogP contribution < -0.4 is 10.6 Å². The summed E-state index contributed by atoms with van der Waals surface area (Å²) in [4.78, 5) is 42.7. The molecule has 2 fully saturated rings. The van der Waals surface area contributed by atoms with E-state index < -0.39 is 70.1 Å². The fourth-order valence-electron chi connectivity index (χ4n) is 7.00. The molecular formula is C27H33N3O8. The minimum Gasteiger partial charge on any atom is -0.508 e. The van der Waals surface area contributed by atoms with Crippen LogP contribution in [0, 0.1) is 11.8 Å². The number of fused-ring (bicyclic) bond motifs is 3. The number of primary amides is 1. The maximum absolute atomic E-state index is 14.0. The molecule has 11 nitrogen and oxygen atoms in total. The fraction of sp³-hybridized carbons (Fsp3) is 0.519. The van der Waals surface area contributed by atoms with Crippen molar-refractivity contribution in [2.75, 3.05) is 32.1 Å². The van der Waals surface area contributed by atoms with E-state index in [0.29, 0.717) is 11.3 Å². The van der Waals surface area contributed by atoms with Crippen LogP contribution in [0.3, 0.4) is 0 Å². The van der Waals surface area contributed by atoms with E-state index in [1.807, 2.05) is 4.90 Å². The Kier molecular flexibility index (Phi) is 6.08. The summed E-state index contributed by atoms with van der Waals surface area (Å²) in [6.45, 7) is 3.15. The first-order chi connectivity index (χ1) is 17.8. The minimum absolute atomic E-state index is 0.0177. The van der Waals surface area contributed by atoms with Gasteiger partial charge in [0.25, 0.3) is 5.91 Å². The van der Waals surface area contributed by atoms with Crippen molar-refractivity contribution in [2.24, 2.45) is 17.6 Å². The third-order valence-electron chi connectivity index (χ3n) is 8.80. The van der Waals surface area contributed by atoms with Gasteiger partial charge in [0, 0.05) is 24.6 Å². The monoisotopic (exact) mass is 527 g/mol. The number of carbonyl (C=O) groups excluding carboxylic acids is 3. The lowest BCUT2D eigenvalue weighted by molar-refractivity contribution is -0.169. The van der Waals surface area contributed by atoms with E-state index in [-0.39, 0.29) is 16.9 Å². The number of hydrogen-bond donors (Lipinski definition) is 6. The van der Waals surface area contributed by atoms with Gasteiger partial charge in [-0.3, -0.25) is 19.3 Å². The molecule has 1 heterocycles. The van der Waals surface area contributed by atoms with Crippen LogP contribution in [0.15, 0.2) is 29.0 Å². The molecule has 1 aromatic rings. The van der Waals surface area contributed by atoms with Crippen LogP contribution in [0.25, 0.3) is 5.76 Å². The van der Waals surface area contributed by atoms with Crippen LogP contribution in [-0.2, 0) is 14.4 Å². The maximum atomic E-state index is 14.0. The lowest BCUT2D eigenvalue weighted by Gasteiger charge is -2.53. The topological polar surface area (TPSA) is 185 Å². The standard InChI is InChI=1S/C27H33N3O8/c1-11-12-7-8-13(30-9-5-4-6-10-30)20(31)15(12)21(32)16-14(11)22(33)18-19(29(2)3)23(34)17(26(28)37)25(36)27(18,38)24(16)35/h7-8,11,14,18-19,22,31-33,36,38H,4-6,9-10H2,1-3H3,(H2,28,37)/t11-,14+,18+,19?,22-,27-/m0/s1. The van der Waals surface area contributed by atoms with Crippen molar-refractivity contribution in [3.05, 3.63) is 40.2 Å². The van der Waals surface area contributed by atoms with Crippen LogP contribution in [0.4, 0.5) is 5.69 Å². The quantitative estimate of drug-likeness (QED) is 0.302. The van der Waals surface area contributed by atoms with Crippen molar-refractivity contribution < 1.29 is 39.9 Å². The number of Topliss-reactive ketones (excluding diaryl/α,β-unsaturated/α-hetero) is 2. The molecule has 5 rings (SSSR count). The second kappa shape index (κ2) is 8.82. The number of piperidine rings is 1. The van der Waals surface area contributed by atoms with Crippen molar-refractivity contribution in [3.8, 4) is 5.75 Å². The predicted molar refractivity (Wildman–Crippen MR) is 136 cm³/mol. The second-order valence-electron chi connectivity index (χ2n) is 11.0. The fourth-order valence-corrected chi connectivity index (χ4v) is 7.00. The highest BCUT2D eigenvalue weighted by Crippen LogP contribution is 2.57. The molecule has 7 N–H and O–H groups in total. The Morgan fingerprint density at radius 1 is 1.11 bits per heavy atom. The molecule has 1 saturated carbocycles. The summed E-state index contributed by atoms with van der Waals surface area (Å²) >= 11 is 0. The van der Waals surface area contributed by atoms with E-state index in [9.17, 15) is 39.9 Å². The number of benzene rings is 1. The van der Waals surface area contributed by atoms with Gasteiger partial charge in [-0.2, -0.15) is 0 Å². The summed E-state index contributed by atoms with van der Waals surface area (Å²) in [5.41, 5.74) is 2.12. The molecule has 0 bridgehead atoms. The summed E-state index contributed by atoms with van der Waals surface area (Å²) < 4.78 is 0. The zero-order chi connectivity index (χ0) is 27.8. The van der Waals surface area contributed by atoms with Crippen LogP contribution in [0.1, 0.15) is 43.2 Å². The lowest BCUT2D eigenvalue weighted by Crippen LogP contribution is -2.70. The molecule has 38 heavy (non-hydrogen) atoms. The Morgan fingerprint density at radius 2 is 1.74 bits per heavy atom. The van der Waals surface area contributed by atoms with Gasteiger partial charge in [-0.15, -0.1) is 0 Å². The van der Waals surface area contributed by atoms with E-state index in [1.54, 1.807) is 19.1 Å². The summed E-state index contributed by atoms with van der Waals surface area (Å²) in [5, 5.41) is 57.1. The van der Waals surface area contributed by atoms with Gasteiger partial charge in [0.15, 0.2) is 11.4 Å². The number of phenolic OH excluding ortho intramolecular Hbond substituents is 1. The molecule has 0 spiro atoms. The Hall–Kier alpha value is -3.41. The van der Waals surface area contributed by atoms with Gasteiger partial charge < -0.3 is 36.2 Å². The van der Waals surface area contributed by atoms with E-state index in [4.69, 9.17) is 5.73 Å². The highest BCUT2D eigenvalue weighted by molar-refractivity contribution is 6.24. The molecule has 1 unspecified atom stereocenters. The van der Waals surface area contributed by atoms with Crippen molar-refractivity contribution in [3.63, 3.8) is 0 Å². The second-order valence-corrected chi connectivity index (χ2v) is 11.0. The number of anilines is 1. The Morgan fingerprint density at radius 3 is 2.32 bits per heavy atom. The van der Waals surface area contributed by atoms with Gasteiger partial charge >= 0.3 is 0 Å². The zero-order valence-corrected chi connectivity index (χ0v) is 21.5. The van der Waals surface area contributed by atoms with Crippen molar-refractivity contribution in [1.82, 2.24) is 4.90 Å². The molecule has 1 aliphatic heterocycles. The third kappa shape index (κ3) is 3.28. The third-order valence-corrected chi connectivity index (χ3v) is 8.80. The van der Waals surface area contributed by atoms with Crippen LogP contribution >= 0.6 is 0 Å². The molecule has 3 aliphatic carbocycles. The summed E-state index contributed by atoms with van der Waals surface area (Å²) in [5.74, 6) is -8.77. The smallest absolute Gasteiger partial charge is 0.255 e. The number of aromatic hydroxyl groups is 1. The summed E-state index contributed by atoms with van der Waals surface area (Å²) in [7, 11) is 2.95. The number of phenols is 1. The van der Waals surface area contributed by atoms with Crippen molar-refractivity contribution in [2.45, 2.75) is 49.9 Å². The number of nitrogens with two attached hydrogens (primary N) is 1. The van der Waals surface area contributed by atoms with Gasteiger partial charge in [-0.1, -0.05) is 13.0 Å². The van der Waals surface area contributed by atoms with E-state index in [0.717, 1.165) is 32.4 Å². The van der Waals surface area contributed by atoms with Crippen LogP contribution in [0.5, 0.6) is 5.75 Å². The molecule has 4 aliphatic rings. The van der Waals surface area contributed by atoms with E-state index in [2.05, 4.69) is 0 Å². The van der Waals surface area contributed by atoms with E-state index >= 15 is 0 Å². The number of aliphatic hydroxyl groups is 4. The summed E-state index contributed by atoms with van der Waals surface area (Å²) in [6, 6.07) is 2.12. The molecule has 1 amide bonds. The minimum atomic E-state index is -2.91. The highest BCUT2D eigenvalue weighted by atomic mass is 16.4. The first-order valence-electron chi connectivity index (χ1n) is 12.8. The molecular weight excluding hydrogens is 494 g/mol.